The molecule has 4 rings (SSSR count). The first-order chi connectivity index (χ1) is 11.5. The molecule has 1 aromatic rings. The molecule has 0 radical (unpaired) electrons. The second-order valence-electron chi connectivity index (χ2n) is 6.13. The summed E-state index contributed by atoms with van der Waals surface area (Å²) in [4.78, 5) is 38.8. The number of ether oxygens (including phenoxy) is 2. The van der Waals surface area contributed by atoms with Gasteiger partial charge in [-0.3, -0.25) is 9.69 Å². The standard InChI is InChI=1S/C16H17N3O5/c1-18-10-3-4-11-8(9(10)6-14(18)20)5-12-13(7-17-15(21)23-2)24-16(22)19(11)12/h3-4,12-13H,5-7H2,1-2H3,(H,17,21)/t12-,13-/m0/s1. The van der Waals surface area contributed by atoms with Crippen molar-refractivity contribution in [1.29, 1.82) is 0 Å². The molecule has 0 unspecified atom stereocenters. The van der Waals surface area contributed by atoms with Crippen molar-refractivity contribution < 1.29 is 23.9 Å². The molecule has 1 N–H and O–H groups in total. The van der Waals surface area contributed by atoms with Crippen LogP contribution in [0.25, 0.3) is 0 Å². The summed E-state index contributed by atoms with van der Waals surface area (Å²) in [5.41, 5.74) is 3.71. The highest BCUT2D eigenvalue weighted by Gasteiger charge is 2.49. The summed E-state index contributed by atoms with van der Waals surface area (Å²) in [5.74, 6) is 0.0527. The Morgan fingerprint density at radius 1 is 1.33 bits per heavy atom. The Balaban J connectivity index is 1.63. The number of benzene rings is 1. The number of amides is 3. The number of likely N-dealkylation sites (N-methyl/N-ethyl adjacent to an activating group) is 1. The van der Waals surface area contributed by atoms with Crippen LogP contribution in [0.4, 0.5) is 21.0 Å². The fourth-order valence-electron chi connectivity index (χ4n) is 3.75. The van der Waals surface area contributed by atoms with E-state index in [1.54, 1.807) is 16.8 Å². The molecule has 3 aliphatic rings. The van der Waals surface area contributed by atoms with Crippen LogP contribution in [-0.2, 0) is 27.1 Å². The summed E-state index contributed by atoms with van der Waals surface area (Å²) in [5, 5.41) is 2.57. The highest BCUT2D eigenvalue weighted by atomic mass is 16.6. The molecule has 0 spiro atoms. The Bertz CT molecular complexity index is 762. The Kier molecular flexibility index (Phi) is 3.16. The van der Waals surface area contributed by atoms with Gasteiger partial charge >= 0.3 is 12.2 Å². The van der Waals surface area contributed by atoms with Crippen molar-refractivity contribution in [3.05, 3.63) is 23.3 Å². The van der Waals surface area contributed by atoms with Crippen molar-refractivity contribution in [3.8, 4) is 0 Å². The zero-order valence-corrected chi connectivity index (χ0v) is 13.4. The Morgan fingerprint density at radius 3 is 2.83 bits per heavy atom. The minimum atomic E-state index is -0.562. The average molecular weight is 331 g/mol. The number of hydrogen-bond donors (Lipinski definition) is 1. The third-order valence-electron chi connectivity index (χ3n) is 4.96. The van der Waals surface area contributed by atoms with Crippen LogP contribution in [0.15, 0.2) is 12.1 Å². The summed E-state index contributed by atoms with van der Waals surface area (Å²) in [6.45, 7) is 0.189. The van der Waals surface area contributed by atoms with E-state index in [9.17, 15) is 14.4 Å². The van der Waals surface area contributed by atoms with Gasteiger partial charge in [0.1, 0.15) is 6.10 Å². The molecular weight excluding hydrogens is 314 g/mol. The number of hydrogen-bond acceptors (Lipinski definition) is 5. The molecule has 3 amide bonds. The molecule has 3 aliphatic heterocycles. The van der Waals surface area contributed by atoms with E-state index < -0.39 is 18.3 Å². The van der Waals surface area contributed by atoms with E-state index in [1.165, 1.54) is 7.11 Å². The lowest BCUT2D eigenvalue weighted by Gasteiger charge is -2.16. The van der Waals surface area contributed by atoms with Gasteiger partial charge in [-0.2, -0.15) is 0 Å². The number of fused-ring (bicyclic) bond motifs is 5. The molecule has 1 saturated heterocycles. The normalized spacial score (nSPS) is 23.8. The molecule has 8 nitrogen and oxygen atoms in total. The highest BCUT2D eigenvalue weighted by Crippen LogP contribution is 2.44. The van der Waals surface area contributed by atoms with Gasteiger partial charge in [0, 0.05) is 12.7 Å². The monoisotopic (exact) mass is 331 g/mol. The summed E-state index contributed by atoms with van der Waals surface area (Å²) in [6, 6.07) is 3.55. The molecule has 3 heterocycles. The Morgan fingerprint density at radius 2 is 2.08 bits per heavy atom. The van der Waals surface area contributed by atoms with E-state index in [0.717, 1.165) is 22.5 Å². The number of anilines is 2. The van der Waals surface area contributed by atoms with Gasteiger partial charge in [0.2, 0.25) is 5.91 Å². The van der Waals surface area contributed by atoms with Crippen LogP contribution < -0.4 is 15.1 Å². The lowest BCUT2D eigenvalue weighted by molar-refractivity contribution is -0.117. The smallest absolute Gasteiger partial charge is 0.415 e. The molecule has 0 bridgehead atoms. The summed E-state index contributed by atoms with van der Waals surface area (Å²) in [7, 11) is 3.04. The van der Waals surface area contributed by atoms with Gasteiger partial charge in [-0.05, 0) is 29.7 Å². The van der Waals surface area contributed by atoms with Crippen LogP contribution in [0.3, 0.4) is 0 Å². The number of carbonyl (C=O) groups excluding carboxylic acids is 3. The predicted molar refractivity (Wildman–Crippen MR) is 84.2 cm³/mol. The second kappa shape index (κ2) is 5.12. The maximum Gasteiger partial charge on any atom is 0.415 e. The number of carbonyl (C=O) groups is 3. The zero-order chi connectivity index (χ0) is 17.0. The van der Waals surface area contributed by atoms with Crippen LogP contribution in [0.1, 0.15) is 11.1 Å². The first-order valence-electron chi connectivity index (χ1n) is 7.74. The van der Waals surface area contributed by atoms with Gasteiger partial charge in [-0.1, -0.05) is 0 Å². The SMILES string of the molecule is COC(=O)NC[C@@H]1OC(=O)N2c3ccc4c(c3C[C@@H]12)CC(=O)N4C. The van der Waals surface area contributed by atoms with Gasteiger partial charge < -0.3 is 19.7 Å². The van der Waals surface area contributed by atoms with E-state index in [0.29, 0.717) is 12.8 Å². The first-order valence-corrected chi connectivity index (χ1v) is 7.74. The summed E-state index contributed by atoms with van der Waals surface area (Å²) < 4.78 is 9.93. The van der Waals surface area contributed by atoms with Crippen molar-refractivity contribution in [3.63, 3.8) is 0 Å². The third kappa shape index (κ3) is 1.95. The number of cyclic esters (lactones) is 1. The van der Waals surface area contributed by atoms with E-state index in [2.05, 4.69) is 10.1 Å². The quantitative estimate of drug-likeness (QED) is 0.866. The van der Waals surface area contributed by atoms with Crippen LogP contribution >= 0.6 is 0 Å². The Hall–Kier alpha value is -2.77. The molecule has 24 heavy (non-hydrogen) atoms. The number of nitrogens with zero attached hydrogens (tertiary/aromatic N) is 2. The van der Waals surface area contributed by atoms with Crippen LogP contribution in [-0.4, -0.2) is 50.9 Å². The lowest BCUT2D eigenvalue weighted by atomic mass is 9.99. The highest BCUT2D eigenvalue weighted by molar-refractivity contribution is 6.04. The second-order valence-corrected chi connectivity index (χ2v) is 6.13. The molecule has 0 saturated carbocycles. The number of nitrogens with one attached hydrogen (secondary N) is 1. The lowest BCUT2D eigenvalue weighted by Crippen LogP contribution is -2.40. The first kappa shape index (κ1) is 14.8. The molecule has 1 aromatic carbocycles. The topological polar surface area (TPSA) is 88.2 Å². The molecular formula is C16H17N3O5. The molecule has 2 atom stereocenters. The van der Waals surface area contributed by atoms with Gasteiger partial charge in [0.05, 0.1) is 31.8 Å². The fraction of sp³-hybridized carbons (Fsp3) is 0.438. The maximum atomic E-state index is 12.3. The van der Waals surface area contributed by atoms with Gasteiger partial charge in [-0.15, -0.1) is 0 Å². The van der Waals surface area contributed by atoms with Crippen molar-refractivity contribution in [2.45, 2.75) is 25.0 Å². The molecule has 8 heteroatoms. The zero-order valence-electron chi connectivity index (χ0n) is 13.4. The van der Waals surface area contributed by atoms with E-state index in [4.69, 9.17) is 4.74 Å². The van der Waals surface area contributed by atoms with E-state index >= 15 is 0 Å². The summed E-state index contributed by atoms with van der Waals surface area (Å²) >= 11 is 0. The van der Waals surface area contributed by atoms with Gasteiger partial charge in [0.25, 0.3) is 0 Å². The third-order valence-corrected chi connectivity index (χ3v) is 4.96. The van der Waals surface area contributed by atoms with Crippen molar-refractivity contribution in [1.82, 2.24) is 5.32 Å². The molecule has 126 valence electrons. The van der Waals surface area contributed by atoms with Gasteiger partial charge in [0.15, 0.2) is 0 Å². The molecule has 1 fully saturated rings. The van der Waals surface area contributed by atoms with Gasteiger partial charge in [-0.25, -0.2) is 9.59 Å². The predicted octanol–water partition coefficient (Wildman–Crippen LogP) is 0.811. The van der Waals surface area contributed by atoms with Crippen molar-refractivity contribution in [2.24, 2.45) is 0 Å². The maximum absolute atomic E-state index is 12.3. The number of methoxy groups -OCH3 is 1. The molecule has 0 aliphatic carbocycles. The van der Waals surface area contributed by atoms with Crippen LogP contribution in [0.2, 0.25) is 0 Å². The fourth-order valence-corrected chi connectivity index (χ4v) is 3.75. The van der Waals surface area contributed by atoms with Crippen molar-refractivity contribution >= 4 is 29.5 Å². The number of alkyl carbamates (subject to hydrolysis) is 1. The van der Waals surface area contributed by atoms with Crippen LogP contribution in [0, 0.1) is 0 Å². The van der Waals surface area contributed by atoms with E-state index in [1.807, 2.05) is 12.1 Å². The largest absolute Gasteiger partial charge is 0.453 e. The van der Waals surface area contributed by atoms with Crippen molar-refractivity contribution in [2.75, 3.05) is 30.5 Å². The molecule has 0 aromatic heterocycles. The number of rotatable bonds is 2. The van der Waals surface area contributed by atoms with Crippen LogP contribution in [0.5, 0.6) is 0 Å². The average Bonchev–Trinajstić information content (AvgIpc) is 3.18. The minimum absolute atomic E-state index is 0.0527. The van der Waals surface area contributed by atoms with E-state index in [-0.39, 0.29) is 18.5 Å². The Labute approximate surface area is 138 Å². The summed E-state index contributed by atoms with van der Waals surface area (Å²) in [6.07, 6.45) is -0.468. The minimum Gasteiger partial charge on any atom is -0.453 e.